The summed E-state index contributed by atoms with van der Waals surface area (Å²) in [6.45, 7) is 4.15. The molecule has 0 spiro atoms. The molecule has 2 aromatic rings. The number of aryl methyl sites for hydroxylation is 1. The summed E-state index contributed by atoms with van der Waals surface area (Å²) in [7, 11) is 0. The Hall–Kier alpha value is -1.88. The Balaban J connectivity index is 1.97. The first-order valence-electron chi connectivity index (χ1n) is 5.98. The summed E-state index contributed by atoms with van der Waals surface area (Å²) >= 11 is 0. The number of ether oxygens (including phenoxy) is 1. The standard InChI is InChI=1S/C13H17N3O2/c1-3-10-5-4-6-11(7-10)17-8-12-15-16-13(18-12)9(2)14/h4-7,9H,3,8,14H2,1-2H3. The monoisotopic (exact) mass is 247 g/mol. The second-order valence-electron chi connectivity index (χ2n) is 4.11. The zero-order valence-corrected chi connectivity index (χ0v) is 10.6. The maximum atomic E-state index is 5.64. The van der Waals surface area contributed by atoms with Crippen LogP contribution in [0.3, 0.4) is 0 Å². The zero-order chi connectivity index (χ0) is 13.0. The summed E-state index contributed by atoms with van der Waals surface area (Å²) in [5.41, 5.74) is 6.87. The van der Waals surface area contributed by atoms with Crippen molar-refractivity contribution in [3.63, 3.8) is 0 Å². The highest BCUT2D eigenvalue weighted by atomic mass is 16.5. The number of rotatable bonds is 5. The zero-order valence-electron chi connectivity index (χ0n) is 10.6. The highest BCUT2D eigenvalue weighted by molar-refractivity contribution is 5.28. The molecule has 0 aliphatic rings. The molecule has 18 heavy (non-hydrogen) atoms. The molecule has 0 saturated carbocycles. The molecule has 1 atom stereocenters. The number of nitrogens with two attached hydrogens (primary N) is 1. The summed E-state index contributed by atoms with van der Waals surface area (Å²) in [6.07, 6.45) is 0.979. The molecule has 2 N–H and O–H groups in total. The van der Waals surface area contributed by atoms with Crippen molar-refractivity contribution in [2.45, 2.75) is 32.9 Å². The number of aromatic nitrogens is 2. The average molecular weight is 247 g/mol. The molecule has 1 heterocycles. The van der Waals surface area contributed by atoms with Gasteiger partial charge in [0.2, 0.25) is 5.89 Å². The van der Waals surface area contributed by atoms with E-state index in [2.05, 4.69) is 23.2 Å². The van der Waals surface area contributed by atoms with Gasteiger partial charge in [-0.1, -0.05) is 19.1 Å². The van der Waals surface area contributed by atoms with Gasteiger partial charge in [0.1, 0.15) is 5.75 Å². The van der Waals surface area contributed by atoms with Gasteiger partial charge >= 0.3 is 0 Å². The molecule has 1 aromatic heterocycles. The molecule has 0 radical (unpaired) electrons. The summed E-state index contributed by atoms with van der Waals surface area (Å²) in [6, 6.07) is 7.68. The number of nitrogens with zero attached hydrogens (tertiary/aromatic N) is 2. The Kier molecular flexibility index (Phi) is 3.94. The van der Waals surface area contributed by atoms with E-state index in [0.29, 0.717) is 11.8 Å². The Morgan fingerprint density at radius 1 is 1.39 bits per heavy atom. The van der Waals surface area contributed by atoms with Gasteiger partial charge in [0.05, 0.1) is 6.04 Å². The number of hydrogen-bond donors (Lipinski definition) is 1. The number of benzene rings is 1. The van der Waals surface area contributed by atoms with Gasteiger partial charge in [-0.2, -0.15) is 0 Å². The van der Waals surface area contributed by atoms with Crippen molar-refractivity contribution in [1.29, 1.82) is 0 Å². The van der Waals surface area contributed by atoms with Gasteiger partial charge in [0, 0.05) is 0 Å². The lowest BCUT2D eigenvalue weighted by molar-refractivity contribution is 0.257. The maximum absolute atomic E-state index is 5.64. The molecular weight excluding hydrogens is 230 g/mol. The van der Waals surface area contributed by atoms with Crippen LogP contribution < -0.4 is 10.5 Å². The molecule has 96 valence electrons. The minimum Gasteiger partial charge on any atom is -0.484 e. The first-order valence-corrected chi connectivity index (χ1v) is 5.98. The van der Waals surface area contributed by atoms with Gasteiger partial charge in [0.15, 0.2) is 6.61 Å². The minimum absolute atomic E-state index is 0.255. The lowest BCUT2D eigenvalue weighted by atomic mass is 10.2. The minimum atomic E-state index is -0.255. The Labute approximate surface area is 106 Å². The Morgan fingerprint density at radius 3 is 2.89 bits per heavy atom. The highest BCUT2D eigenvalue weighted by Crippen LogP contribution is 2.16. The van der Waals surface area contributed by atoms with E-state index in [1.165, 1.54) is 5.56 Å². The number of hydrogen-bond acceptors (Lipinski definition) is 5. The van der Waals surface area contributed by atoms with Crippen LogP contribution in [0.1, 0.15) is 37.2 Å². The maximum Gasteiger partial charge on any atom is 0.253 e. The molecule has 0 bridgehead atoms. The van der Waals surface area contributed by atoms with Crippen LogP contribution in [-0.4, -0.2) is 10.2 Å². The molecule has 5 heteroatoms. The quantitative estimate of drug-likeness (QED) is 0.877. The smallest absolute Gasteiger partial charge is 0.253 e. The van der Waals surface area contributed by atoms with Crippen LogP contribution in [0.2, 0.25) is 0 Å². The van der Waals surface area contributed by atoms with Crippen LogP contribution in [0, 0.1) is 0 Å². The molecule has 1 unspecified atom stereocenters. The molecule has 0 fully saturated rings. The van der Waals surface area contributed by atoms with E-state index >= 15 is 0 Å². The van der Waals surface area contributed by atoms with Crippen molar-refractivity contribution in [1.82, 2.24) is 10.2 Å². The summed E-state index contributed by atoms with van der Waals surface area (Å²) in [5.74, 6) is 1.66. The second-order valence-corrected chi connectivity index (χ2v) is 4.11. The van der Waals surface area contributed by atoms with Crippen molar-refractivity contribution in [3.05, 3.63) is 41.6 Å². The molecule has 0 saturated heterocycles. The molecule has 2 rings (SSSR count). The third-order valence-electron chi connectivity index (χ3n) is 2.54. The van der Waals surface area contributed by atoms with E-state index in [0.717, 1.165) is 12.2 Å². The van der Waals surface area contributed by atoms with Crippen molar-refractivity contribution in [2.75, 3.05) is 0 Å². The van der Waals surface area contributed by atoms with E-state index in [-0.39, 0.29) is 12.6 Å². The molecule has 0 aliphatic heterocycles. The first kappa shape index (κ1) is 12.6. The van der Waals surface area contributed by atoms with E-state index in [9.17, 15) is 0 Å². The highest BCUT2D eigenvalue weighted by Gasteiger charge is 2.10. The van der Waals surface area contributed by atoms with E-state index in [4.69, 9.17) is 14.9 Å². The van der Waals surface area contributed by atoms with Crippen molar-refractivity contribution in [2.24, 2.45) is 5.73 Å². The second kappa shape index (κ2) is 5.64. The van der Waals surface area contributed by atoms with Crippen molar-refractivity contribution < 1.29 is 9.15 Å². The first-order chi connectivity index (χ1) is 8.69. The fraction of sp³-hybridized carbons (Fsp3) is 0.385. The molecular formula is C13H17N3O2. The largest absolute Gasteiger partial charge is 0.484 e. The fourth-order valence-electron chi connectivity index (χ4n) is 1.51. The topological polar surface area (TPSA) is 74.2 Å². The molecule has 1 aromatic carbocycles. The third kappa shape index (κ3) is 3.07. The van der Waals surface area contributed by atoms with E-state index < -0.39 is 0 Å². The van der Waals surface area contributed by atoms with Crippen LogP contribution >= 0.6 is 0 Å². The van der Waals surface area contributed by atoms with Gasteiger partial charge in [-0.15, -0.1) is 10.2 Å². The predicted octanol–water partition coefficient (Wildman–Crippen LogP) is 2.23. The van der Waals surface area contributed by atoms with E-state index in [1.807, 2.05) is 18.2 Å². The molecule has 0 aliphatic carbocycles. The summed E-state index contributed by atoms with van der Waals surface area (Å²) in [4.78, 5) is 0. The van der Waals surface area contributed by atoms with Gasteiger partial charge < -0.3 is 14.9 Å². The van der Waals surface area contributed by atoms with Gasteiger partial charge in [0.25, 0.3) is 5.89 Å². The van der Waals surface area contributed by atoms with E-state index in [1.54, 1.807) is 6.92 Å². The van der Waals surface area contributed by atoms with Gasteiger partial charge in [-0.05, 0) is 31.0 Å². The Morgan fingerprint density at radius 2 is 2.22 bits per heavy atom. The lowest BCUT2D eigenvalue weighted by Gasteiger charge is -2.04. The SMILES string of the molecule is CCc1cccc(OCc2nnc(C(C)N)o2)c1. The lowest BCUT2D eigenvalue weighted by Crippen LogP contribution is -2.04. The third-order valence-corrected chi connectivity index (χ3v) is 2.54. The van der Waals surface area contributed by atoms with Gasteiger partial charge in [-0.3, -0.25) is 0 Å². The van der Waals surface area contributed by atoms with Crippen molar-refractivity contribution in [3.8, 4) is 5.75 Å². The van der Waals surface area contributed by atoms with Crippen LogP contribution in [0.4, 0.5) is 0 Å². The molecule has 0 amide bonds. The Bertz CT molecular complexity index is 508. The average Bonchev–Trinajstić information content (AvgIpc) is 2.85. The van der Waals surface area contributed by atoms with Crippen LogP contribution in [0.5, 0.6) is 5.75 Å². The summed E-state index contributed by atoms with van der Waals surface area (Å²) < 4.78 is 10.9. The van der Waals surface area contributed by atoms with Crippen LogP contribution in [-0.2, 0) is 13.0 Å². The fourth-order valence-corrected chi connectivity index (χ4v) is 1.51. The summed E-state index contributed by atoms with van der Waals surface area (Å²) in [5, 5.41) is 7.71. The van der Waals surface area contributed by atoms with Crippen LogP contribution in [0.25, 0.3) is 0 Å². The molecule has 5 nitrogen and oxygen atoms in total. The predicted molar refractivity (Wildman–Crippen MR) is 67.1 cm³/mol. The van der Waals surface area contributed by atoms with Gasteiger partial charge in [-0.25, -0.2) is 0 Å². The van der Waals surface area contributed by atoms with Crippen LogP contribution in [0.15, 0.2) is 28.7 Å². The van der Waals surface area contributed by atoms with Crippen molar-refractivity contribution >= 4 is 0 Å². The normalized spacial score (nSPS) is 12.4.